The van der Waals surface area contributed by atoms with Gasteiger partial charge < -0.3 is 26.2 Å². The van der Waals surface area contributed by atoms with Crippen molar-refractivity contribution in [1.29, 1.82) is 0 Å². The Morgan fingerprint density at radius 2 is 1.71 bits per heavy atom. The molecule has 0 radical (unpaired) electrons. The minimum Gasteiger partial charge on any atom is -0.346 e. The summed E-state index contributed by atoms with van der Waals surface area (Å²) in [7, 11) is 0. The van der Waals surface area contributed by atoms with Crippen molar-refractivity contribution in [2.75, 3.05) is 13.1 Å². The molecule has 2 unspecified atom stereocenters. The van der Waals surface area contributed by atoms with Crippen LogP contribution in [0.1, 0.15) is 57.1 Å². The standard InChI is InChI=1S/C31H43N5O5/c1-5-8-14-24(27(37)29(39)32-16-6-2)34-28(38)25-15-11-17-36(25)30(40)26(35-31(41)33-20(4)7-3)23-18-21-12-9-10-13-22(21)19-23/h5-6,9-10,12-13,20,23-26H,1-2,7-8,11,14-19H2,3-4H3,(H,32,39)(H,34,38)(H2,33,35,41)/t20?,24?,25-,26-/m0/s1. The average molecular weight is 566 g/mol. The van der Waals surface area contributed by atoms with Crippen LogP contribution in [0.15, 0.2) is 49.6 Å². The van der Waals surface area contributed by atoms with Gasteiger partial charge in [-0.25, -0.2) is 4.79 Å². The van der Waals surface area contributed by atoms with E-state index in [2.05, 4.69) is 34.4 Å². The molecule has 41 heavy (non-hydrogen) atoms. The predicted octanol–water partition coefficient (Wildman–Crippen LogP) is 2.18. The van der Waals surface area contributed by atoms with Gasteiger partial charge in [-0.15, -0.1) is 13.2 Å². The molecule has 0 spiro atoms. The Bertz CT molecular complexity index is 1130. The number of urea groups is 1. The summed E-state index contributed by atoms with van der Waals surface area (Å²) >= 11 is 0. The molecule has 1 aromatic rings. The number of rotatable bonds is 14. The lowest BCUT2D eigenvalue weighted by atomic mass is 9.94. The molecule has 0 aromatic heterocycles. The number of nitrogens with one attached hydrogen (secondary N) is 4. The van der Waals surface area contributed by atoms with Gasteiger partial charge in [0.1, 0.15) is 12.1 Å². The number of carbonyl (C=O) groups excluding carboxylic acids is 5. The first-order valence-corrected chi connectivity index (χ1v) is 14.5. The van der Waals surface area contributed by atoms with E-state index in [0.29, 0.717) is 38.6 Å². The zero-order chi connectivity index (χ0) is 29.9. The third-order valence-electron chi connectivity index (χ3n) is 7.86. The van der Waals surface area contributed by atoms with Gasteiger partial charge in [0.2, 0.25) is 17.6 Å². The van der Waals surface area contributed by atoms with Crippen LogP contribution < -0.4 is 21.3 Å². The van der Waals surface area contributed by atoms with Crippen LogP contribution in [-0.2, 0) is 32.0 Å². The number of carbonyl (C=O) groups is 5. The smallest absolute Gasteiger partial charge is 0.315 e. The third-order valence-corrected chi connectivity index (χ3v) is 7.86. The fourth-order valence-electron chi connectivity index (χ4n) is 5.43. The molecule has 1 fully saturated rings. The molecule has 1 aromatic carbocycles. The minimum atomic E-state index is -1.05. The quantitative estimate of drug-likeness (QED) is 0.203. The van der Waals surface area contributed by atoms with Crippen molar-refractivity contribution >= 4 is 29.5 Å². The highest BCUT2D eigenvalue weighted by molar-refractivity contribution is 6.38. The highest BCUT2D eigenvalue weighted by Gasteiger charge is 2.42. The summed E-state index contributed by atoms with van der Waals surface area (Å²) in [5, 5.41) is 11.0. The summed E-state index contributed by atoms with van der Waals surface area (Å²) in [6.07, 6.45) is 6.73. The zero-order valence-corrected chi connectivity index (χ0v) is 24.1. The van der Waals surface area contributed by atoms with Gasteiger partial charge in [0.05, 0.1) is 6.04 Å². The van der Waals surface area contributed by atoms with Crippen LogP contribution in [0.2, 0.25) is 0 Å². The van der Waals surface area contributed by atoms with E-state index in [4.69, 9.17) is 0 Å². The molecule has 0 bridgehead atoms. The normalized spacial score (nSPS) is 18.4. The Morgan fingerprint density at radius 1 is 1.02 bits per heavy atom. The number of hydrogen-bond acceptors (Lipinski definition) is 5. The molecule has 1 aliphatic heterocycles. The van der Waals surface area contributed by atoms with Crippen molar-refractivity contribution in [2.24, 2.45) is 5.92 Å². The van der Waals surface area contributed by atoms with Gasteiger partial charge in [0, 0.05) is 19.1 Å². The highest BCUT2D eigenvalue weighted by Crippen LogP contribution is 2.31. The molecule has 1 saturated heterocycles. The first kappa shape index (κ1) is 31.6. The van der Waals surface area contributed by atoms with Crippen molar-refractivity contribution in [2.45, 2.75) is 83.0 Å². The Kier molecular flexibility index (Phi) is 11.7. The Labute approximate surface area is 242 Å². The molecule has 10 heteroatoms. The maximum Gasteiger partial charge on any atom is 0.315 e. The van der Waals surface area contributed by atoms with E-state index in [1.807, 2.05) is 38.1 Å². The second-order valence-corrected chi connectivity index (χ2v) is 10.8. The highest BCUT2D eigenvalue weighted by atomic mass is 16.2. The largest absolute Gasteiger partial charge is 0.346 e. The fourth-order valence-corrected chi connectivity index (χ4v) is 5.43. The number of likely N-dealkylation sites (tertiary alicyclic amines) is 1. The van der Waals surface area contributed by atoms with E-state index in [0.717, 1.165) is 17.5 Å². The van der Waals surface area contributed by atoms with Crippen molar-refractivity contribution in [3.05, 3.63) is 60.7 Å². The fraction of sp³-hybridized carbons (Fsp3) is 0.516. The van der Waals surface area contributed by atoms with Crippen LogP contribution in [0.3, 0.4) is 0 Å². The third kappa shape index (κ3) is 8.28. The first-order chi connectivity index (χ1) is 19.7. The van der Waals surface area contributed by atoms with E-state index in [1.54, 1.807) is 6.08 Å². The molecule has 3 rings (SSSR count). The van der Waals surface area contributed by atoms with Crippen molar-refractivity contribution in [3.8, 4) is 0 Å². The molecule has 0 saturated carbocycles. The van der Waals surface area contributed by atoms with E-state index < -0.39 is 41.8 Å². The molecular weight excluding hydrogens is 522 g/mol. The van der Waals surface area contributed by atoms with Crippen molar-refractivity contribution in [1.82, 2.24) is 26.2 Å². The van der Waals surface area contributed by atoms with Crippen LogP contribution in [-0.4, -0.2) is 71.7 Å². The number of fused-ring (bicyclic) bond motifs is 1. The van der Waals surface area contributed by atoms with E-state index >= 15 is 0 Å². The number of Topliss-reactive ketones (excluding diaryl/α,β-unsaturated/α-hetero) is 1. The van der Waals surface area contributed by atoms with Crippen LogP contribution in [0.4, 0.5) is 4.79 Å². The number of hydrogen-bond donors (Lipinski definition) is 4. The summed E-state index contributed by atoms with van der Waals surface area (Å²) in [5.74, 6) is -2.55. The minimum absolute atomic E-state index is 0.0643. The number of ketones is 1. The second kappa shape index (κ2) is 15.2. The molecule has 5 amide bonds. The monoisotopic (exact) mass is 565 g/mol. The molecule has 222 valence electrons. The molecule has 1 aliphatic carbocycles. The Hall–Kier alpha value is -3.95. The first-order valence-electron chi connectivity index (χ1n) is 14.5. The maximum atomic E-state index is 14.1. The molecular formula is C31H43N5O5. The second-order valence-electron chi connectivity index (χ2n) is 10.8. The van der Waals surface area contributed by atoms with Gasteiger partial charge in [-0.3, -0.25) is 19.2 Å². The number of nitrogens with zero attached hydrogens (tertiary/aromatic N) is 1. The van der Waals surface area contributed by atoms with Crippen LogP contribution >= 0.6 is 0 Å². The average Bonchev–Trinajstić information content (AvgIpc) is 3.63. The molecule has 4 N–H and O–H groups in total. The van der Waals surface area contributed by atoms with Gasteiger partial charge in [0.15, 0.2) is 0 Å². The van der Waals surface area contributed by atoms with Crippen LogP contribution in [0.25, 0.3) is 0 Å². The van der Waals surface area contributed by atoms with Crippen LogP contribution in [0.5, 0.6) is 0 Å². The molecule has 4 atom stereocenters. The summed E-state index contributed by atoms with van der Waals surface area (Å²) in [5.41, 5.74) is 2.29. The summed E-state index contributed by atoms with van der Waals surface area (Å²) in [6.45, 7) is 11.5. The lowest BCUT2D eigenvalue weighted by Gasteiger charge is -2.32. The summed E-state index contributed by atoms with van der Waals surface area (Å²) < 4.78 is 0. The topological polar surface area (TPSA) is 137 Å². The zero-order valence-electron chi connectivity index (χ0n) is 24.1. The number of allylic oxidation sites excluding steroid dienone is 1. The Balaban J connectivity index is 1.78. The van der Waals surface area contributed by atoms with E-state index in [-0.39, 0.29) is 30.8 Å². The predicted molar refractivity (Wildman–Crippen MR) is 157 cm³/mol. The maximum absolute atomic E-state index is 14.1. The lowest BCUT2D eigenvalue weighted by Crippen LogP contribution is -2.59. The van der Waals surface area contributed by atoms with Crippen LogP contribution in [0, 0.1) is 5.92 Å². The molecule has 2 aliphatic rings. The van der Waals surface area contributed by atoms with E-state index in [1.165, 1.54) is 11.0 Å². The summed E-state index contributed by atoms with van der Waals surface area (Å²) in [4.78, 5) is 67.1. The SMILES string of the molecule is C=CCCC(NC(=O)[C@@H]1CCCN1C(=O)[C@@H](NC(=O)NC(C)CC)C1Cc2ccccc2C1)C(=O)C(=O)NCC=C. The van der Waals surface area contributed by atoms with Gasteiger partial charge in [-0.1, -0.05) is 43.3 Å². The molecule has 10 nitrogen and oxygen atoms in total. The van der Waals surface area contributed by atoms with Gasteiger partial charge in [-0.2, -0.15) is 0 Å². The van der Waals surface area contributed by atoms with E-state index in [9.17, 15) is 24.0 Å². The van der Waals surface area contributed by atoms with Gasteiger partial charge in [0.25, 0.3) is 5.91 Å². The number of benzene rings is 1. The Morgan fingerprint density at radius 3 is 2.32 bits per heavy atom. The van der Waals surface area contributed by atoms with Crippen molar-refractivity contribution < 1.29 is 24.0 Å². The number of amides is 5. The lowest BCUT2D eigenvalue weighted by molar-refractivity contribution is -0.143. The van der Waals surface area contributed by atoms with Crippen molar-refractivity contribution in [3.63, 3.8) is 0 Å². The summed E-state index contributed by atoms with van der Waals surface area (Å²) in [6, 6.07) is 4.81. The van der Waals surface area contributed by atoms with Gasteiger partial charge >= 0.3 is 6.03 Å². The molecule has 1 heterocycles. The van der Waals surface area contributed by atoms with Gasteiger partial charge in [-0.05, 0) is 68.9 Å².